The quantitative estimate of drug-likeness (QED) is 0.716. The molecular formula is C20H23ClN2. The van der Waals surface area contributed by atoms with Gasteiger partial charge in [0.2, 0.25) is 0 Å². The molecule has 0 spiro atoms. The van der Waals surface area contributed by atoms with Gasteiger partial charge in [0, 0.05) is 29.4 Å². The monoisotopic (exact) mass is 326 g/mol. The fourth-order valence-corrected chi connectivity index (χ4v) is 3.51. The summed E-state index contributed by atoms with van der Waals surface area (Å²) in [6.45, 7) is 2.17. The van der Waals surface area contributed by atoms with Gasteiger partial charge in [0.05, 0.1) is 0 Å². The van der Waals surface area contributed by atoms with Crippen LogP contribution in [0.15, 0.2) is 48.3 Å². The molecule has 1 aliphatic carbocycles. The lowest BCUT2D eigenvalue weighted by molar-refractivity contribution is 0.366. The number of allylic oxidation sites excluding steroid dienone is 1. The van der Waals surface area contributed by atoms with Crippen LogP contribution < -0.4 is 0 Å². The van der Waals surface area contributed by atoms with E-state index in [2.05, 4.69) is 47.2 Å². The maximum Gasteiger partial charge on any atom is 0.131 e. The molecule has 0 bridgehead atoms. The van der Waals surface area contributed by atoms with Crippen molar-refractivity contribution in [1.82, 2.24) is 9.97 Å². The molecule has 0 unspecified atom stereocenters. The van der Waals surface area contributed by atoms with Crippen LogP contribution >= 0.6 is 11.6 Å². The van der Waals surface area contributed by atoms with E-state index in [0.29, 0.717) is 11.8 Å². The van der Waals surface area contributed by atoms with Crippen LogP contribution in [0.3, 0.4) is 0 Å². The van der Waals surface area contributed by atoms with Crippen LogP contribution in [0.25, 0.3) is 11.1 Å². The van der Waals surface area contributed by atoms with E-state index in [1.165, 1.54) is 24.0 Å². The number of hydrogen-bond donors (Lipinski definition) is 0. The number of rotatable bonds is 4. The van der Waals surface area contributed by atoms with E-state index in [9.17, 15) is 0 Å². The minimum Gasteiger partial charge on any atom is -0.240 e. The SMILES string of the molecule is CCc1ccc(-c2cnc(C3CCC(/C=C/Cl)CC3)nc2)cc1. The third-order valence-electron chi connectivity index (χ3n) is 4.85. The molecule has 2 aromatic rings. The van der Waals surface area contributed by atoms with Crippen molar-refractivity contribution < 1.29 is 0 Å². The van der Waals surface area contributed by atoms with Crippen molar-refractivity contribution in [3.05, 3.63) is 59.7 Å². The smallest absolute Gasteiger partial charge is 0.131 e. The van der Waals surface area contributed by atoms with Gasteiger partial charge in [0.1, 0.15) is 5.82 Å². The van der Waals surface area contributed by atoms with E-state index in [4.69, 9.17) is 11.6 Å². The molecule has 3 heteroatoms. The number of nitrogens with zero attached hydrogens (tertiary/aromatic N) is 2. The Bertz CT molecular complexity index is 638. The van der Waals surface area contributed by atoms with Crippen LogP contribution in [-0.2, 0) is 6.42 Å². The summed E-state index contributed by atoms with van der Waals surface area (Å²) < 4.78 is 0. The molecule has 1 aromatic carbocycles. The first-order chi connectivity index (χ1) is 11.3. The number of halogens is 1. The molecule has 3 rings (SSSR count). The van der Waals surface area contributed by atoms with Gasteiger partial charge in [-0.15, -0.1) is 0 Å². The predicted octanol–water partition coefficient (Wildman–Crippen LogP) is 5.73. The molecule has 0 saturated heterocycles. The van der Waals surface area contributed by atoms with Gasteiger partial charge in [-0.1, -0.05) is 48.9 Å². The van der Waals surface area contributed by atoms with Crippen molar-refractivity contribution in [3.63, 3.8) is 0 Å². The molecule has 0 radical (unpaired) electrons. The highest BCUT2D eigenvalue weighted by atomic mass is 35.5. The highest BCUT2D eigenvalue weighted by Gasteiger charge is 2.22. The number of aryl methyl sites for hydroxylation is 1. The first-order valence-electron chi connectivity index (χ1n) is 8.48. The Hall–Kier alpha value is -1.67. The fraction of sp³-hybridized carbons (Fsp3) is 0.400. The summed E-state index contributed by atoms with van der Waals surface area (Å²) in [5, 5.41) is 0. The van der Waals surface area contributed by atoms with Crippen molar-refractivity contribution in [2.75, 3.05) is 0 Å². The molecule has 2 nitrogen and oxygen atoms in total. The molecule has 0 aliphatic heterocycles. The summed E-state index contributed by atoms with van der Waals surface area (Å²) in [6, 6.07) is 8.66. The number of aromatic nitrogens is 2. The Kier molecular flexibility index (Phi) is 5.45. The van der Waals surface area contributed by atoms with Crippen LogP contribution in [-0.4, -0.2) is 9.97 Å². The minimum absolute atomic E-state index is 0.492. The summed E-state index contributed by atoms with van der Waals surface area (Å²) in [5.41, 5.74) is 5.29. The summed E-state index contributed by atoms with van der Waals surface area (Å²) in [5.74, 6) is 2.11. The molecule has 1 aliphatic rings. The lowest BCUT2D eigenvalue weighted by Crippen LogP contribution is -2.13. The van der Waals surface area contributed by atoms with Crippen LogP contribution in [0.4, 0.5) is 0 Å². The molecule has 0 amide bonds. The second-order valence-corrected chi connectivity index (χ2v) is 6.56. The highest BCUT2D eigenvalue weighted by molar-refractivity contribution is 6.25. The van der Waals surface area contributed by atoms with E-state index < -0.39 is 0 Å². The Morgan fingerprint density at radius 3 is 2.22 bits per heavy atom. The van der Waals surface area contributed by atoms with Gasteiger partial charge in [-0.25, -0.2) is 9.97 Å². The van der Waals surface area contributed by atoms with Crippen LogP contribution in [0.2, 0.25) is 0 Å². The minimum atomic E-state index is 0.492. The van der Waals surface area contributed by atoms with Gasteiger partial charge < -0.3 is 0 Å². The molecule has 23 heavy (non-hydrogen) atoms. The zero-order chi connectivity index (χ0) is 16.1. The zero-order valence-corrected chi connectivity index (χ0v) is 14.3. The maximum absolute atomic E-state index is 5.68. The van der Waals surface area contributed by atoms with Crippen LogP contribution in [0, 0.1) is 5.92 Å². The topological polar surface area (TPSA) is 25.8 Å². The zero-order valence-electron chi connectivity index (χ0n) is 13.6. The molecule has 0 N–H and O–H groups in total. The Labute approximate surface area is 143 Å². The first kappa shape index (κ1) is 16.2. The lowest BCUT2D eigenvalue weighted by atomic mass is 9.81. The van der Waals surface area contributed by atoms with Crippen LogP contribution in [0.1, 0.15) is 49.9 Å². The summed E-state index contributed by atoms with van der Waals surface area (Å²) in [7, 11) is 0. The van der Waals surface area contributed by atoms with Gasteiger partial charge in [-0.2, -0.15) is 0 Å². The average molecular weight is 327 g/mol. The molecule has 1 fully saturated rings. The lowest BCUT2D eigenvalue weighted by Gasteiger charge is -2.25. The average Bonchev–Trinajstić information content (AvgIpc) is 2.63. The van der Waals surface area contributed by atoms with E-state index >= 15 is 0 Å². The van der Waals surface area contributed by atoms with Gasteiger partial charge in [0.15, 0.2) is 0 Å². The van der Waals surface area contributed by atoms with Crippen molar-refractivity contribution >= 4 is 11.6 Å². The summed E-state index contributed by atoms with van der Waals surface area (Å²) in [4.78, 5) is 9.27. The van der Waals surface area contributed by atoms with E-state index in [0.717, 1.165) is 30.7 Å². The highest BCUT2D eigenvalue weighted by Crippen LogP contribution is 2.35. The first-order valence-corrected chi connectivity index (χ1v) is 8.92. The Balaban J connectivity index is 1.67. The predicted molar refractivity (Wildman–Crippen MR) is 96.5 cm³/mol. The van der Waals surface area contributed by atoms with E-state index in [-0.39, 0.29) is 0 Å². The van der Waals surface area contributed by atoms with Gasteiger partial charge in [-0.05, 0) is 49.1 Å². The van der Waals surface area contributed by atoms with Crippen LogP contribution in [0.5, 0.6) is 0 Å². The Morgan fingerprint density at radius 1 is 1.00 bits per heavy atom. The molecule has 1 saturated carbocycles. The van der Waals surface area contributed by atoms with Crippen molar-refractivity contribution in [1.29, 1.82) is 0 Å². The van der Waals surface area contributed by atoms with Crippen molar-refractivity contribution in [2.45, 2.75) is 44.9 Å². The van der Waals surface area contributed by atoms with E-state index in [1.54, 1.807) is 5.54 Å². The third-order valence-corrected chi connectivity index (χ3v) is 4.99. The normalized spacial score (nSPS) is 21.7. The van der Waals surface area contributed by atoms with Gasteiger partial charge >= 0.3 is 0 Å². The molecular weight excluding hydrogens is 304 g/mol. The molecule has 1 heterocycles. The number of hydrogen-bond acceptors (Lipinski definition) is 2. The van der Waals surface area contributed by atoms with Crippen molar-refractivity contribution in [3.8, 4) is 11.1 Å². The van der Waals surface area contributed by atoms with Gasteiger partial charge in [0.25, 0.3) is 0 Å². The summed E-state index contributed by atoms with van der Waals surface area (Å²) >= 11 is 5.68. The fourth-order valence-electron chi connectivity index (χ4n) is 3.30. The van der Waals surface area contributed by atoms with E-state index in [1.807, 2.05) is 12.4 Å². The summed E-state index contributed by atoms with van der Waals surface area (Å²) in [6.07, 6.45) is 11.8. The molecule has 120 valence electrons. The second kappa shape index (κ2) is 7.74. The Morgan fingerprint density at radius 2 is 1.65 bits per heavy atom. The molecule has 0 atom stereocenters. The second-order valence-electron chi connectivity index (χ2n) is 6.31. The maximum atomic E-state index is 5.68. The number of benzene rings is 1. The standard InChI is InChI=1S/C20H23ClN2/c1-2-15-3-7-17(8-4-15)19-13-22-20(23-14-19)18-9-5-16(6-10-18)11-12-21/h3-4,7-8,11-14,16,18H,2,5-6,9-10H2,1H3/b12-11+. The molecule has 1 aromatic heterocycles. The van der Waals surface area contributed by atoms with Gasteiger partial charge in [-0.3, -0.25) is 0 Å². The third kappa shape index (κ3) is 4.00. The largest absolute Gasteiger partial charge is 0.240 e. The van der Waals surface area contributed by atoms with Crippen molar-refractivity contribution in [2.24, 2.45) is 5.92 Å².